The summed E-state index contributed by atoms with van der Waals surface area (Å²) in [7, 11) is 1.62. The SMILES string of the molecule is COCCCn1c(=S)[nH]c2cc(C(=O)Nc3nc(C)c(Cc4ccc(C)cc4)s3)ccc2c1=O. The highest BCUT2D eigenvalue weighted by Crippen LogP contribution is 2.26. The molecule has 2 aromatic carbocycles. The molecule has 0 aliphatic carbocycles. The molecule has 1 amide bonds. The molecule has 0 spiro atoms. The summed E-state index contributed by atoms with van der Waals surface area (Å²) in [5, 5.41) is 3.91. The van der Waals surface area contributed by atoms with E-state index in [0.717, 1.165) is 17.0 Å². The smallest absolute Gasteiger partial charge is 0.262 e. The summed E-state index contributed by atoms with van der Waals surface area (Å²) in [6.45, 7) is 5.02. The molecule has 0 bridgehead atoms. The van der Waals surface area contributed by atoms with E-state index in [0.29, 0.717) is 45.9 Å². The Balaban J connectivity index is 1.53. The Kier molecular flexibility index (Phi) is 7.35. The first kappa shape index (κ1) is 24.0. The molecule has 4 aromatic rings. The number of amides is 1. The number of carbonyl (C=O) groups is 1. The summed E-state index contributed by atoms with van der Waals surface area (Å²) in [4.78, 5) is 34.5. The molecule has 176 valence electrons. The minimum Gasteiger partial charge on any atom is -0.385 e. The number of aromatic amines is 1. The van der Waals surface area contributed by atoms with Gasteiger partial charge in [0.15, 0.2) is 9.90 Å². The Bertz CT molecular complexity index is 1450. The number of ether oxygens (including phenoxy) is 1. The summed E-state index contributed by atoms with van der Waals surface area (Å²) in [6.07, 6.45) is 1.45. The molecule has 0 fully saturated rings. The maximum absolute atomic E-state index is 12.9. The number of aromatic nitrogens is 3. The van der Waals surface area contributed by atoms with Gasteiger partial charge in [0, 0.05) is 37.1 Å². The molecule has 9 heteroatoms. The van der Waals surface area contributed by atoms with E-state index in [-0.39, 0.29) is 11.5 Å². The third kappa shape index (κ3) is 5.32. The van der Waals surface area contributed by atoms with Crippen molar-refractivity contribution < 1.29 is 9.53 Å². The fraction of sp³-hybridized carbons (Fsp3) is 0.280. The van der Waals surface area contributed by atoms with Gasteiger partial charge >= 0.3 is 0 Å². The summed E-state index contributed by atoms with van der Waals surface area (Å²) in [5.41, 5.74) is 4.09. The number of thiazole rings is 1. The largest absolute Gasteiger partial charge is 0.385 e. The highest BCUT2D eigenvalue weighted by Gasteiger charge is 2.14. The van der Waals surface area contributed by atoms with Gasteiger partial charge in [0.2, 0.25) is 0 Å². The van der Waals surface area contributed by atoms with Crippen LogP contribution in [0, 0.1) is 18.6 Å². The average molecular weight is 495 g/mol. The van der Waals surface area contributed by atoms with Gasteiger partial charge in [-0.15, -0.1) is 11.3 Å². The van der Waals surface area contributed by atoms with Crippen molar-refractivity contribution in [2.24, 2.45) is 0 Å². The number of benzene rings is 2. The molecule has 34 heavy (non-hydrogen) atoms. The topological polar surface area (TPSA) is 89.0 Å². The van der Waals surface area contributed by atoms with Crippen molar-refractivity contribution >= 4 is 45.5 Å². The zero-order valence-electron chi connectivity index (χ0n) is 19.3. The van der Waals surface area contributed by atoms with E-state index in [2.05, 4.69) is 46.5 Å². The molecule has 0 aliphatic rings. The van der Waals surface area contributed by atoms with Crippen LogP contribution in [0.15, 0.2) is 47.3 Å². The number of rotatable bonds is 8. The lowest BCUT2D eigenvalue weighted by atomic mass is 10.1. The summed E-state index contributed by atoms with van der Waals surface area (Å²) < 4.78 is 6.90. The van der Waals surface area contributed by atoms with Crippen LogP contribution in [0.4, 0.5) is 5.13 Å². The number of hydrogen-bond acceptors (Lipinski definition) is 6. The molecule has 0 radical (unpaired) electrons. The summed E-state index contributed by atoms with van der Waals surface area (Å²) in [5.74, 6) is -0.291. The highest BCUT2D eigenvalue weighted by atomic mass is 32.1. The Morgan fingerprint density at radius 1 is 1.21 bits per heavy atom. The van der Waals surface area contributed by atoms with E-state index in [1.54, 1.807) is 25.3 Å². The fourth-order valence-corrected chi connectivity index (χ4v) is 4.95. The van der Waals surface area contributed by atoms with Gasteiger partial charge in [-0.1, -0.05) is 29.8 Å². The van der Waals surface area contributed by atoms with Crippen LogP contribution in [0.5, 0.6) is 0 Å². The zero-order chi connectivity index (χ0) is 24.2. The van der Waals surface area contributed by atoms with E-state index in [1.807, 2.05) is 6.92 Å². The van der Waals surface area contributed by atoms with Crippen LogP contribution < -0.4 is 10.9 Å². The van der Waals surface area contributed by atoms with Crippen molar-refractivity contribution in [1.29, 1.82) is 0 Å². The Labute approximate surface area is 206 Å². The predicted octanol–water partition coefficient (Wildman–Crippen LogP) is 5.01. The first-order valence-corrected chi connectivity index (χ1v) is 12.2. The molecule has 7 nitrogen and oxygen atoms in total. The first-order valence-electron chi connectivity index (χ1n) is 10.9. The quantitative estimate of drug-likeness (QED) is 0.265. The second-order valence-electron chi connectivity index (χ2n) is 8.14. The highest BCUT2D eigenvalue weighted by molar-refractivity contribution is 7.71. The third-order valence-corrected chi connectivity index (χ3v) is 6.97. The van der Waals surface area contributed by atoms with Crippen LogP contribution in [-0.2, 0) is 17.7 Å². The molecule has 0 unspecified atom stereocenters. The second-order valence-corrected chi connectivity index (χ2v) is 9.61. The molecule has 0 saturated carbocycles. The van der Waals surface area contributed by atoms with E-state index in [4.69, 9.17) is 17.0 Å². The van der Waals surface area contributed by atoms with Crippen molar-refractivity contribution in [2.45, 2.75) is 33.2 Å². The number of nitrogens with zero attached hydrogens (tertiary/aromatic N) is 2. The minimum absolute atomic E-state index is 0.182. The van der Waals surface area contributed by atoms with Gasteiger partial charge in [0.1, 0.15) is 0 Å². The Morgan fingerprint density at radius 3 is 2.71 bits per heavy atom. The van der Waals surface area contributed by atoms with Crippen LogP contribution in [-0.4, -0.2) is 34.2 Å². The van der Waals surface area contributed by atoms with Gasteiger partial charge < -0.3 is 9.72 Å². The lowest BCUT2D eigenvalue weighted by Gasteiger charge is -2.09. The lowest BCUT2D eigenvalue weighted by Crippen LogP contribution is -2.23. The van der Waals surface area contributed by atoms with Crippen molar-refractivity contribution in [3.8, 4) is 0 Å². The minimum atomic E-state index is -0.291. The fourth-order valence-electron chi connectivity index (χ4n) is 3.67. The van der Waals surface area contributed by atoms with Crippen molar-refractivity contribution in [3.05, 3.63) is 84.9 Å². The maximum atomic E-state index is 12.9. The van der Waals surface area contributed by atoms with Crippen molar-refractivity contribution in [1.82, 2.24) is 14.5 Å². The van der Waals surface area contributed by atoms with Gasteiger partial charge in [-0.25, -0.2) is 4.98 Å². The Morgan fingerprint density at radius 2 is 1.97 bits per heavy atom. The van der Waals surface area contributed by atoms with E-state index in [9.17, 15) is 9.59 Å². The average Bonchev–Trinajstić information content (AvgIpc) is 3.15. The third-order valence-electron chi connectivity index (χ3n) is 5.57. The van der Waals surface area contributed by atoms with Gasteiger partial charge in [-0.05, 0) is 56.2 Å². The van der Waals surface area contributed by atoms with Gasteiger partial charge in [-0.2, -0.15) is 0 Å². The van der Waals surface area contributed by atoms with E-state index in [1.165, 1.54) is 27.0 Å². The Hall–Kier alpha value is -3.14. The molecule has 2 N–H and O–H groups in total. The van der Waals surface area contributed by atoms with Crippen LogP contribution in [0.3, 0.4) is 0 Å². The van der Waals surface area contributed by atoms with Crippen LogP contribution in [0.25, 0.3) is 10.9 Å². The number of fused-ring (bicyclic) bond motifs is 1. The van der Waals surface area contributed by atoms with Crippen LogP contribution in [0.2, 0.25) is 0 Å². The number of hydrogen-bond donors (Lipinski definition) is 2. The number of anilines is 1. The van der Waals surface area contributed by atoms with E-state index < -0.39 is 0 Å². The maximum Gasteiger partial charge on any atom is 0.262 e. The van der Waals surface area contributed by atoms with Crippen molar-refractivity contribution in [3.63, 3.8) is 0 Å². The van der Waals surface area contributed by atoms with Gasteiger partial charge in [-0.3, -0.25) is 19.5 Å². The summed E-state index contributed by atoms with van der Waals surface area (Å²) >= 11 is 6.84. The second kappa shape index (κ2) is 10.4. The molecule has 2 heterocycles. The van der Waals surface area contributed by atoms with Crippen molar-refractivity contribution in [2.75, 3.05) is 19.0 Å². The lowest BCUT2D eigenvalue weighted by molar-refractivity contribution is 0.102. The predicted molar refractivity (Wildman–Crippen MR) is 139 cm³/mol. The van der Waals surface area contributed by atoms with E-state index >= 15 is 0 Å². The zero-order valence-corrected chi connectivity index (χ0v) is 20.9. The van der Waals surface area contributed by atoms with Crippen LogP contribution in [0.1, 0.15) is 38.5 Å². The number of H-pyrrole nitrogens is 1. The molecule has 4 rings (SSSR count). The monoisotopic (exact) mass is 494 g/mol. The molecular weight excluding hydrogens is 468 g/mol. The molecule has 0 aliphatic heterocycles. The van der Waals surface area contributed by atoms with Gasteiger partial charge in [0.05, 0.1) is 16.6 Å². The van der Waals surface area contributed by atoms with Gasteiger partial charge in [0.25, 0.3) is 11.5 Å². The number of nitrogens with one attached hydrogen (secondary N) is 2. The standard InChI is InChI=1S/C25H26N4O3S2/c1-15-5-7-17(8-6-15)13-21-16(2)26-24(34-21)28-22(30)18-9-10-19-20(14-18)27-25(33)29(23(19)31)11-4-12-32-3/h5-10,14H,4,11-13H2,1-3H3,(H,27,33)(H,26,28,30). The molecule has 0 saturated heterocycles. The molecular formula is C25H26N4O3S2. The number of carbonyl (C=O) groups excluding carboxylic acids is 1. The summed E-state index contributed by atoms with van der Waals surface area (Å²) in [6, 6.07) is 13.3. The normalized spacial score (nSPS) is 11.1. The molecule has 2 aromatic heterocycles. The number of aryl methyl sites for hydroxylation is 2. The van der Waals surface area contributed by atoms with Crippen LogP contribution >= 0.6 is 23.6 Å². The number of methoxy groups -OCH3 is 1. The molecule has 0 atom stereocenters. The first-order chi connectivity index (χ1) is 16.4.